The highest BCUT2D eigenvalue weighted by Crippen LogP contribution is 2.27. The number of para-hydroxylation sites is 1. The Kier molecular flexibility index (Phi) is 5.88. The van der Waals surface area contributed by atoms with Gasteiger partial charge in [-0.05, 0) is 31.0 Å². The van der Waals surface area contributed by atoms with Gasteiger partial charge >= 0.3 is 5.76 Å². The molecule has 7 heteroatoms. The number of hydrogen-bond donors (Lipinski definition) is 2. The van der Waals surface area contributed by atoms with Crippen molar-refractivity contribution in [2.75, 3.05) is 11.9 Å². The van der Waals surface area contributed by atoms with Gasteiger partial charge in [0.1, 0.15) is 0 Å². The van der Waals surface area contributed by atoms with Crippen LogP contribution in [0.1, 0.15) is 20.3 Å². The summed E-state index contributed by atoms with van der Waals surface area (Å²) < 4.78 is 48.7. The van der Waals surface area contributed by atoms with Gasteiger partial charge in [0.05, 0.1) is 10.6 Å². The largest absolute Gasteiger partial charge is 0.381 e. The van der Waals surface area contributed by atoms with E-state index in [1.807, 2.05) is 13.8 Å². The topological polar surface area (TPSA) is 72.2 Å². The van der Waals surface area contributed by atoms with E-state index < -0.39 is 15.6 Å². The van der Waals surface area contributed by atoms with Crippen LogP contribution in [-0.2, 0) is 9.84 Å². The number of nitrogens with two attached hydrogens (primary N) is 1. The molecule has 0 aromatic heterocycles. The molecule has 0 aliphatic carbocycles. The minimum absolute atomic E-state index is 0.0750. The van der Waals surface area contributed by atoms with E-state index >= 15 is 0 Å². The molecule has 0 heterocycles. The Labute approximate surface area is 118 Å². The molecule has 1 atom stereocenters. The Hall–Kier alpha value is -1.21. The van der Waals surface area contributed by atoms with Crippen molar-refractivity contribution in [2.45, 2.75) is 37.0 Å². The molecule has 0 saturated carbocycles. The van der Waals surface area contributed by atoms with Crippen LogP contribution in [-0.4, -0.2) is 26.8 Å². The Morgan fingerprint density at radius 3 is 2.35 bits per heavy atom. The van der Waals surface area contributed by atoms with Crippen molar-refractivity contribution < 1.29 is 17.2 Å². The Balaban J connectivity index is 3.14. The molecule has 3 N–H and O–H groups in total. The lowest BCUT2D eigenvalue weighted by Gasteiger charge is -2.24. The number of anilines is 1. The minimum atomic E-state index is -4.62. The van der Waals surface area contributed by atoms with Crippen molar-refractivity contribution in [1.29, 1.82) is 0 Å². The summed E-state index contributed by atoms with van der Waals surface area (Å²) in [6.45, 7) is 4.34. The molecule has 0 aliphatic rings. The second kappa shape index (κ2) is 6.99. The van der Waals surface area contributed by atoms with E-state index in [9.17, 15) is 17.2 Å². The fourth-order valence-electron chi connectivity index (χ4n) is 1.88. The number of rotatable bonds is 7. The first kappa shape index (κ1) is 16.8. The third kappa shape index (κ3) is 3.89. The highest BCUT2D eigenvalue weighted by Gasteiger charge is 2.29. The summed E-state index contributed by atoms with van der Waals surface area (Å²) in [6, 6.07) is 5.62. The van der Waals surface area contributed by atoms with Gasteiger partial charge in [0, 0.05) is 6.04 Å². The fourth-order valence-corrected chi connectivity index (χ4v) is 2.78. The summed E-state index contributed by atoms with van der Waals surface area (Å²) in [5.74, 6) is -3.24. The van der Waals surface area contributed by atoms with Crippen LogP contribution in [0, 0.1) is 5.92 Å². The Bertz CT molecular complexity index is 533. The fraction of sp³-hybridized carbons (Fsp3) is 0.538. The molecule has 1 aromatic rings. The van der Waals surface area contributed by atoms with Crippen LogP contribution in [0.3, 0.4) is 0 Å². The van der Waals surface area contributed by atoms with Crippen molar-refractivity contribution in [3.05, 3.63) is 24.3 Å². The van der Waals surface area contributed by atoms with Crippen molar-refractivity contribution in [3.63, 3.8) is 0 Å². The molecule has 0 fully saturated rings. The van der Waals surface area contributed by atoms with Gasteiger partial charge in [-0.2, -0.15) is 8.78 Å². The van der Waals surface area contributed by atoms with Gasteiger partial charge in [0.2, 0.25) is 9.84 Å². The average molecular weight is 306 g/mol. The second-order valence-electron chi connectivity index (χ2n) is 4.87. The van der Waals surface area contributed by atoms with Gasteiger partial charge in [-0.25, -0.2) is 8.42 Å². The van der Waals surface area contributed by atoms with E-state index in [0.29, 0.717) is 13.0 Å². The van der Waals surface area contributed by atoms with Gasteiger partial charge in [-0.15, -0.1) is 0 Å². The normalized spacial score (nSPS) is 13.8. The summed E-state index contributed by atoms with van der Waals surface area (Å²) in [5.41, 5.74) is 5.71. The van der Waals surface area contributed by atoms with Crippen LogP contribution in [0.25, 0.3) is 0 Å². The maximum Gasteiger partial charge on any atom is 0.341 e. The standard InChI is InChI=1S/C13H20F2N2O2S/c1-9(2)10(7-8-16)17-11-5-3-4-6-12(11)20(18,19)13(14)15/h3-6,9-10,13,17H,7-8,16H2,1-2H3. The van der Waals surface area contributed by atoms with Crippen molar-refractivity contribution in [3.8, 4) is 0 Å². The van der Waals surface area contributed by atoms with E-state index in [0.717, 1.165) is 0 Å². The summed E-state index contributed by atoms with van der Waals surface area (Å²) >= 11 is 0. The molecule has 0 spiro atoms. The monoisotopic (exact) mass is 306 g/mol. The molecule has 0 aliphatic heterocycles. The van der Waals surface area contributed by atoms with Crippen molar-refractivity contribution in [2.24, 2.45) is 11.7 Å². The number of halogens is 2. The molecule has 0 radical (unpaired) electrons. The Morgan fingerprint density at radius 1 is 1.25 bits per heavy atom. The van der Waals surface area contributed by atoms with Gasteiger partial charge in [0.15, 0.2) is 0 Å². The zero-order valence-electron chi connectivity index (χ0n) is 11.5. The van der Waals surface area contributed by atoms with Gasteiger partial charge in [-0.3, -0.25) is 0 Å². The van der Waals surface area contributed by atoms with Gasteiger partial charge < -0.3 is 11.1 Å². The second-order valence-corrected chi connectivity index (χ2v) is 6.76. The molecule has 114 valence electrons. The molecule has 0 saturated heterocycles. The predicted octanol–water partition coefficient (Wildman–Crippen LogP) is 2.47. The number of benzene rings is 1. The first-order chi connectivity index (χ1) is 9.30. The first-order valence-corrected chi connectivity index (χ1v) is 7.93. The van der Waals surface area contributed by atoms with Crippen LogP contribution in [0.4, 0.5) is 14.5 Å². The van der Waals surface area contributed by atoms with E-state index in [1.165, 1.54) is 18.2 Å². The van der Waals surface area contributed by atoms with Crippen LogP contribution < -0.4 is 11.1 Å². The van der Waals surface area contributed by atoms with E-state index in [2.05, 4.69) is 5.32 Å². The SMILES string of the molecule is CC(C)C(CCN)Nc1ccccc1S(=O)(=O)C(F)F. The van der Waals surface area contributed by atoms with Gasteiger partial charge in [-0.1, -0.05) is 26.0 Å². The quantitative estimate of drug-likeness (QED) is 0.811. The zero-order chi connectivity index (χ0) is 15.3. The van der Waals surface area contributed by atoms with Gasteiger partial charge in [0.25, 0.3) is 0 Å². The summed E-state index contributed by atoms with van der Waals surface area (Å²) in [7, 11) is -4.62. The highest BCUT2D eigenvalue weighted by atomic mass is 32.2. The lowest BCUT2D eigenvalue weighted by Crippen LogP contribution is -2.29. The minimum Gasteiger partial charge on any atom is -0.381 e. The number of alkyl halides is 2. The highest BCUT2D eigenvalue weighted by molar-refractivity contribution is 7.91. The van der Waals surface area contributed by atoms with Crippen LogP contribution in [0.5, 0.6) is 0 Å². The molecule has 20 heavy (non-hydrogen) atoms. The maximum absolute atomic E-state index is 12.7. The molecule has 4 nitrogen and oxygen atoms in total. The van der Waals surface area contributed by atoms with Crippen molar-refractivity contribution >= 4 is 15.5 Å². The van der Waals surface area contributed by atoms with Crippen molar-refractivity contribution in [1.82, 2.24) is 0 Å². The number of hydrogen-bond acceptors (Lipinski definition) is 4. The third-order valence-corrected chi connectivity index (χ3v) is 4.49. The molecule has 0 bridgehead atoms. The van der Waals surface area contributed by atoms with E-state index in [4.69, 9.17) is 5.73 Å². The van der Waals surface area contributed by atoms with E-state index in [-0.39, 0.29) is 22.5 Å². The summed E-state index contributed by atoms with van der Waals surface area (Å²) in [6.07, 6.45) is 0.626. The molecule has 1 aromatic carbocycles. The molecular weight excluding hydrogens is 286 g/mol. The summed E-state index contributed by atoms with van der Waals surface area (Å²) in [5, 5.41) is 3.02. The Morgan fingerprint density at radius 2 is 1.85 bits per heavy atom. The summed E-state index contributed by atoms with van der Waals surface area (Å²) in [4.78, 5) is -0.377. The third-order valence-electron chi connectivity index (χ3n) is 3.05. The average Bonchev–Trinajstić information content (AvgIpc) is 2.38. The number of sulfone groups is 1. The molecule has 0 amide bonds. The molecular formula is C13H20F2N2O2S. The maximum atomic E-state index is 12.7. The number of nitrogens with one attached hydrogen (secondary N) is 1. The van der Waals surface area contributed by atoms with Crippen LogP contribution in [0.15, 0.2) is 29.2 Å². The predicted molar refractivity (Wildman–Crippen MR) is 75.6 cm³/mol. The zero-order valence-corrected chi connectivity index (χ0v) is 12.3. The lowest BCUT2D eigenvalue weighted by atomic mass is 10.0. The molecule has 1 unspecified atom stereocenters. The first-order valence-electron chi connectivity index (χ1n) is 6.38. The molecule has 1 rings (SSSR count). The van der Waals surface area contributed by atoms with Crippen LogP contribution in [0.2, 0.25) is 0 Å². The smallest absolute Gasteiger partial charge is 0.341 e. The lowest BCUT2D eigenvalue weighted by molar-refractivity contribution is 0.235. The van der Waals surface area contributed by atoms with E-state index in [1.54, 1.807) is 6.07 Å². The van der Waals surface area contributed by atoms with Crippen LogP contribution >= 0.6 is 0 Å².